The highest BCUT2D eigenvalue weighted by atomic mass is 15.3. The Balaban J connectivity index is 1.33. The fraction of sp³-hybridized carbons (Fsp3) is 0.588. The molecule has 3 N–H and O–H groups in total. The summed E-state index contributed by atoms with van der Waals surface area (Å²) < 4.78 is 0. The molecule has 3 rings (SSSR count). The fourth-order valence-corrected chi connectivity index (χ4v) is 2.81. The molecule has 1 aliphatic carbocycles. The van der Waals surface area contributed by atoms with Gasteiger partial charge in [0.2, 0.25) is 0 Å². The van der Waals surface area contributed by atoms with Gasteiger partial charge in [-0.25, -0.2) is 0 Å². The summed E-state index contributed by atoms with van der Waals surface area (Å²) in [4.78, 5) is 9.42. The van der Waals surface area contributed by atoms with E-state index in [9.17, 15) is 0 Å². The van der Waals surface area contributed by atoms with Gasteiger partial charge in [0.1, 0.15) is 0 Å². The van der Waals surface area contributed by atoms with Crippen LogP contribution in [0.3, 0.4) is 0 Å². The number of hydrogen-bond donors (Lipinski definition) is 2. The molecule has 120 valence electrons. The van der Waals surface area contributed by atoms with E-state index in [1.165, 1.54) is 18.4 Å². The van der Waals surface area contributed by atoms with Crippen LogP contribution in [0.5, 0.6) is 0 Å². The quantitative estimate of drug-likeness (QED) is 0.605. The van der Waals surface area contributed by atoms with Crippen molar-refractivity contribution in [3.63, 3.8) is 0 Å². The monoisotopic (exact) mass is 301 g/mol. The second kappa shape index (κ2) is 7.61. The summed E-state index contributed by atoms with van der Waals surface area (Å²) in [7, 11) is 0. The summed E-state index contributed by atoms with van der Waals surface area (Å²) in [6.45, 7) is 7.38. The van der Waals surface area contributed by atoms with E-state index in [0.717, 1.165) is 45.8 Å². The zero-order valence-corrected chi connectivity index (χ0v) is 13.2. The van der Waals surface area contributed by atoms with Gasteiger partial charge < -0.3 is 11.1 Å². The number of benzene rings is 1. The first kappa shape index (κ1) is 15.3. The second-order valence-electron chi connectivity index (χ2n) is 6.29. The maximum absolute atomic E-state index is 5.85. The van der Waals surface area contributed by atoms with Crippen LogP contribution in [0.2, 0.25) is 0 Å². The summed E-state index contributed by atoms with van der Waals surface area (Å²) in [5.41, 5.74) is 7.25. The van der Waals surface area contributed by atoms with E-state index >= 15 is 0 Å². The maximum atomic E-state index is 5.85. The molecule has 1 aromatic carbocycles. The maximum Gasteiger partial charge on any atom is 0.188 e. The summed E-state index contributed by atoms with van der Waals surface area (Å²) >= 11 is 0. The Bertz CT molecular complexity index is 475. The molecule has 0 unspecified atom stereocenters. The van der Waals surface area contributed by atoms with Crippen LogP contribution in [-0.2, 0) is 6.54 Å². The first-order chi connectivity index (χ1) is 10.8. The highest BCUT2D eigenvalue weighted by Crippen LogP contribution is 2.17. The zero-order valence-electron chi connectivity index (χ0n) is 13.2. The van der Waals surface area contributed by atoms with E-state index in [-0.39, 0.29) is 0 Å². The number of hydrogen-bond acceptors (Lipinski definition) is 3. The fourth-order valence-electron chi connectivity index (χ4n) is 2.81. The Morgan fingerprint density at radius 1 is 1.09 bits per heavy atom. The molecule has 5 heteroatoms. The van der Waals surface area contributed by atoms with Gasteiger partial charge in [-0.3, -0.25) is 14.8 Å². The molecule has 1 heterocycles. The normalized spacial score (nSPS) is 21.0. The van der Waals surface area contributed by atoms with Crippen molar-refractivity contribution in [2.45, 2.75) is 25.4 Å². The molecular weight excluding hydrogens is 274 g/mol. The molecule has 0 aromatic heterocycles. The molecule has 0 atom stereocenters. The third kappa shape index (κ3) is 5.00. The van der Waals surface area contributed by atoms with Crippen molar-refractivity contribution < 1.29 is 0 Å². The Morgan fingerprint density at radius 2 is 1.77 bits per heavy atom. The van der Waals surface area contributed by atoms with E-state index < -0.39 is 0 Å². The van der Waals surface area contributed by atoms with Crippen LogP contribution in [0, 0.1) is 0 Å². The van der Waals surface area contributed by atoms with Gasteiger partial charge in [-0.1, -0.05) is 30.3 Å². The van der Waals surface area contributed by atoms with E-state index in [4.69, 9.17) is 5.73 Å². The van der Waals surface area contributed by atoms with Crippen molar-refractivity contribution in [1.29, 1.82) is 0 Å². The van der Waals surface area contributed by atoms with Crippen LogP contribution in [0.25, 0.3) is 0 Å². The van der Waals surface area contributed by atoms with Crippen molar-refractivity contribution in [3.8, 4) is 0 Å². The number of guanidine groups is 1. The average Bonchev–Trinajstić information content (AvgIpc) is 3.34. The number of nitrogens with two attached hydrogens (primary N) is 1. The third-order valence-corrected chi connectivity index (χ3v) is 4.34. The molecule has 1 aromatic rings. The molecule has 2 fully saturated rings. The summed E-state index contributed by atoms with van der Waals surface area (Å²) in [5, 5.41) is 3.23. The van der Waals surface area contributed by atoms with Crippen LogP contribution < -0.4 is 11.1 Å². The van der Waals surface area contributed by atoms with Crippen molar-refractivity contribution in [3.05, 3.63) is 35.9 Å². The summed E-state index contributed by atoms with van der Waals surface area (Å²) in [6, 6.07) is 11.3. The van der Waals surface area contributed by atoms with Crippen molar-refractivity contribution in [2.24, 2.45) is 10.7 Å². The van der Waals surface area contributed by atoms with Crippen molar-refractivity contribution in [2.75, 3.05) is 39.3 Å². The molecular formula is C17H27N5. The number of piperazine rings is 1. The molecule has 5 nitrogen and oxygen atoms in total. The first-order valence-electron chi connectivity index (χ1n) is 8.35. The van der Waals surface area contributed by atoms with Crippen molar-refractivity contribution in [1.82, 2.24) is 15.1 Å². The lowest BCUT2D eigenvalue weighted by atomic mass is 10.2. The largest absolute Gasteiger partial charge is 0.370 e. The number of nitrogens with one attached hydrogen (secondary N) is 1. The van der Waals surface area contributed by atoms with Crippen LogP contribution in [0.15, 0.2) is 35.3 Å². The molecule has 1 aliphatic heterocycles. The topological polar surface area (TPSA) is 56.9 Å². The smallest absolute Gasteiger partial charge is 0.188 e. The molecule has 0 spiro atoms. The van der Waals surface area contributed by atoms with Gasteiger partial charge in [-0.2, -0.15) is 0 Å². The van der Waals surface area contributed by atoms with E-state index in [1.807, 2.05) is 0 Å². The van der Waals surface area contributed by atoms with Crippen LogP contribution in [-0.4, -0.2) is 61.1 Å². The predicted molar refractivity (Wildman–Crippen MR) is 90.8 cm³/mol. The average molecular weight is 301 g/mol. The lowest BCUT2D eigenvalue weighted by molar-refractivity contribution is 0.130. The van der Waals surface area contributed by atoms with E-state index in [1.54, 1.807) is 0 Å². The van der Waals surface area contributed by atoms with Gasteiger partial charge >= 0.3 is 0 Å². The molecule has 22 heavy (non-hydrogen) atoms. The lowest BCUT2D eigenvalue weighted by Crippen LogP contribution is -2.46. The molecule has 2 aliphatic rings. The predicted octanol–water partition coefficient (Wildman–Crippen LogP) is 0.871. The van der Waals surface area contributed by atoms with Crippen molar-refractivity contribution >= 4 is 5.96 Å². The molecule has 0 amide bonds. The van der Waals surface area contributed by atoms with Gasteiger partial charge in [-0.15, -0.1) is 0 Å². The standard InChI is InChI=1S/C17H27N5/c18-17(20-16-6-7-16)19-8-9-21-10-12-22(13-11-21)14-15-4-2-1-3-5-15/h1-5,16H,6-14H2,(H3,18,19,20). The Labute approximate surface area is 133 Å². The van der Waals surface area contributed by atoms with Crippen LogP contribution >= 0.6 is 0 Å². The minimum atomic E-state index is 0.588. The highest BCUT2D eigenvalue weighted by molar-refractivity contribution is 5.78. The first-order valence-corrected chi connectivity index (χ1v) is 8.35. The molecule has 1 saturated heterocycles. The Kier molecular flexibility index (Phi) is 5.29. The third-order valence-electron chi connectivity index (χ3n) is 4.34. The Morgan fingerprint density at radius 3 is 2.45 bits per heavy atom. The number of aliphatic imine (C=N–C) groups is 1. The zero-order chi connectivity index (χ0) is 15.2. The van der Waals surface area contributed by atoms with Crippen LogP contribution in [0.4, 0.5) is 0 Å². The highest BCUT2D eigenvalue weighted by Gasteiger charge is 2.21. The molecule has 0 radical (unpaired) electrons. The molecule has 0 bridgehead atoms. The summed E-state index contributed by atoms with van der Waals surface area (Å²) in [5.74, 6) is 0.616. The van der Waals surface area contributed by atoms with E-state index in [0.29, 0.717) is 12.0 Å². The summed E-state index contributed by atoms with van der Waals surface area (Å²) in [6.07, 6.45) is 2.47. The van der Waals surface area contributed by atoms with Gasteiger partial charge in [0.05, 0.1) is 6.54 Å². The van der Waals surface area contributed by atoms with Gasteiger partial charge in [0, 0.05) is 45.3 Å². The van der Waals surface area contributed by atoms with E-state index in [2.05, 4.69) is 50.4 Å². The SMILES string of the molecule is NC(=NCCN1CCN(Cc2ccccc2)CC1)NC1CC1. The lowest BCUT2D eigenvalue weighted by Gasteiger charge is -2.34. The second-order valence-corrected chi connectivity index (χ2v) is 6.29. The van der Waals surface area contributed by atoms with Gasteiger partial charge in [0.25, 0.3) is 0 Å². The number of rotatable bonds is 6. The van der Waals surface area contributed by atoms with Crippen LogP contribution in [0.1, 0.15) is 18.4 Å². The van der Waals surface area contributed by atoms with Gasteiger partial charge in [-0.05, 0) is 18.4 Å². The minimum absolute atomic E-state index is 0.588. The molecule has 1 saturated carbocycles. The number of nitrogens with zero attached hydrogens (tertiary/aromatic N) is 3. The van der Waals surface area contributed by atoms with Gasteiger partial charge in [0.15, 0.2) is 5.96 Å². The Hall–Kier alpha value is -1.59. The minimum Gasteiger partial charge on any atom is -0.370 e.